The highest BCUT2D eigenvalue weighted by Crippen LogP contribution is 2.31. The van der Waals surface area contributed by atoms with Crippen LogP contribution in [0.5, 0.6) is 0 Å². The van der Waals surface area contributed by atoms with Crippen LogP contribution in [0.1, 0.15) is 27.7 Å². The van der Waals surface area contributed by atoms with Crippen LogP contribution >= 0.6 is 0 Å². The molecule has 114 valence electrons. The maximum atomic E-state index is 12.7. The Labute approximate surface area is 117 Å². The Bertz CT molecular complexity index is 578. The second-order valence-corrected chi connectivity index (χ2v) is 7.50. The molecular weight excluding hydrogens is 288 g/mol. The fourth-order valence-electron chi connectivity index (χ4n) is 1.40. The van der Waals surface area contributed by atoms with Gasteiger partial charge in [0.25, 0.3) is 0 Å². The maximum Gasteiger partial charge on any atom is 0.341 e. The number of aliphatic hydroxyl groups is 1. The van der Waals surface area contributed by atoms with Crippen molar-refractivity contribution in [3.05, 3.63) is 24.3 Å². The normalized spacial score (nSPS) is 13.6. The van der Waals surface area contributed by atoms with Crippen molar-refractivity contribution in [3.8, 4) is 0 Å². The topological polar surface area (TPSA) is 66.4 Å². The van der Waals surface area contributed by atoms with Gasteiger partial charge in [-0.15, -0.1) is 0 Å². The van der Waals surface area contributed by atoms with Gasteiger partial charge in [-0.25, -0.2) is 8.42 Å². The van der Waals surface area contributed by atoms with Crippen LogP contribution in [0, 0.1) is 0 Å². The number of benzene rings is 1. The van der Waals surface area contributed by atoms with E-state index in [1.165, 1.54) is 18.2 Å². The van der Waals surface area contributed by atoms with Gasteiger partial charge in [0.15, 0.2) is 0 Å². The van der Waals surface area contributed by atoms with Crippen LogP contribution in [-0.2, 0) is 9.84 Å². The number of halogens is 2. The molecule has 0 fully saturated rings. The second-order valence-electron chi connectivity index (χ2n) is 5.61. The van der Waals surface area contributed by atoms with Crippen molar-refractivity contribution in [1.82, 2.24) is 0 Å². The SMILES string of the molecule is CC(C)(O)C(C)(C)Nc1ccccc1S(=O)(=O)C(F)F. The summed E-state index contributed by atoms with van der Waals surface area (Å²) in [6, 6.07) is 5.41. The van der Waals surface area contributed by atoms with E-state index in [2.05, 4.69) is 5.32 Å². The van der Waals surface area contributed by atoms with Crippen LogP contribution in [0.15, 0.2) is 29.2 Å². The monoisotopic (exact) mass is 307 g/mol. The van der Waals surface area contributed by atoms with Crippen LogP contribution in [0.3, 0.4) is 0 Å². The van der Waals surface area contributed by atoms with Crippen LogP contribution in [0.4, 0.5) is 14.5 Å². The smallest absolute Gasteiger partial charge is 0.341 e. The summed E-state index contributed by atoms with van der Waals surface area (Å²) < 4.78 is 48.6. The Hall–Kier alpha value is -1.21. The Kier molecular flexibility index (Phi) is 4.46. The molecule has 0 saturated carbocycles. The van der Waals surface area contributed by atoms with E-state index >= 15 is 0 Å². The van der Waals surface area contributed by atoms with Gasteiger partial charge < -0.3 is 10.4 Å². The number of rotatable bonds is 5. The lowest BCUT2D eigenvalue weighted by atomic mass is 9.86. The molecule has 1 aromatic carbocycles. The molecule has 0 spiro atoms. The fourth-order valence-corrected chi connectivity index (χ4v) is 2.29. The maximum absolute atomic E-state index is 12.7. The zero-order chi connectivity index (χ0) is 15.8. The number of sulfone groups is 1. The zero-order valence-corrected chi connectivity index (χ0v) is 12.6. The fraction of sp³-hybridized carbons (Fsp3) is 0.538. The molecule has 20 heavy (non-hydrogen) atoms. The zero-order valence-electron chi connectivity index (χ0n) is 11.8. The van der Waals surface area contributed by atoms with E-state index < -0.39 is 31.6 Å². The molecule has 1 aromatic rings. The molecule has 0 amide bonds. The van der Waals surface area contributed by atoms with Crippen molar-refractivity contribution >= 4 is 15.5 Å². The Morgan fingerprint density at radius 3 is 2.10 bits per heavy atom. The lowest BCUT2D eigenvalue weighted by Gasteiger charge is -2.39. The molecule has 0 unspecified atom stereocenters. The first-order valence-electron chi connectivity index (χ1n) is 6.01. The molecule has 0 heterocycles. The van der Waals surface area contributed by atoms with Crippen molar-refractivity contribution in [2.45, 2.75) is 49.5 Å². The number of hydrogen-bond donors (Lipinski definition) is 2. The Balaban J connectivity index is 3.30. The molecule has 0 bridgehead atoms. The molecule has 1 rings (SSSR count). The van der Waals surface area contributed by atoms with Gasteiger partial charge in [0, 0.05) is 0 Å². The van der Waals surface area contributed by atoms with E-state index in [0.717, 1.165) is 6.07 Å². The molecule has 0 atom stereocenters. The minimum atomic E-state index is -4.70. The molecule has 0 radical (unpaired) electrons. The lowest BCUT2D eigenvalue weighted by molar-refractivity contribution is 0.0239. The van der Waals surface area contributed by atoms with Crippen molar-refractivity contribution < 1.29 is 22.3 Å². The van der Waals surface area contributed by atoms with Crippen molar-refractivity contribution in [2.75, 3.05) is 5.32 Å². The van der Waals surface area contributed by atoms with E-state index in [1.807, 2.05) is 0 Å². The summed E-state index contributed by atoms with van der Waals surface area (Å²) in [4.78, 5) is -0.479. The van der Waals surface area contributed by atoms with Gasteiger partial charge in [0.05, 0.1) is 21.7 Å². The summed E-state index contributed by atoms with van der Waals surface area (Å²) in [7, 11) is -4.70. The lowest BCUT2D eigenvalue weighted by Crippen LogP contribution is -2.51. The molecule has 4 nitrogen and oxygen atoms in total. The Morgan fingerprint density at radius 2 is 1.65 bits per heavy atom. The predicted octanol–water partition coefficient (Wildman–Crippen LogP) is 2.64. The predicted molar refractivity (Wildman–Crippen MR) is 73.6 cm³/mol. The summed E-state index contributed by atoms with van der Waals surface area (Å²) in [6.07, 6.45) is 0. The highest BCUT2D eigenvalue weighted by atomic mass is 32.2. The van der Waals surface area contributed by atoms with E-state index in [1.54, 1.807) is 27.7 Å². The van der Waals surface area contributed by atoms with E-state index in [4.69, 9.17) is 0 Å². The quantitative estimate of drug-likeness (QED) is 0.877. The highest BCUT2D eigenvalue weighted by molar-refractivity contribution is 7.91. The highest BCUT2D eigenvalue weighted by Gasteiger charge is 2.37. The molecular formula is C13H19F2NO3S. The van der Waals surface area contributed by atoms with Crippen LogP contribution in [0.2, 0.25) is 0 Å². The van der Waals surface area contributed by atoms with Gasteiger partial charge in [0.2, 0.25) is 9.84 Å². The van der Waals surface area contributed by atoms with Gasteiger partial charge in [-0.3, -0.25) is 0 Å². The van der Waals surface area contributed by atoms with E-state index in [0.29, 0.717) is 0 Å². The summed E-state index contributed by atoms with van der Waals surface area (Å²) in [6.45, 7) is 6.39. The molecule has 0 aliphatic heterocycles. The minimum absolute atomic E-state index is 0.0416. The average Bonchev–Trinajstić information content (AvgIpc) is 2.27. The van der Waals surface area contributed by atoms with Crippen LogP contribution in [-0.4, -0.2) is 30.4 Å². The van der Waals surface area contributed by atoms with E-state index in [-0.39, 0.29) is 5.69 Å². The first kappa shape index (κ1) is 16.8. The van der Waals surface area contributed by atoms with Crippen molar-refractivity contribution in [3.63, 3.8) is 0 Å². The third-order valence-electron chi connectivity index (χ3n) is 3.40. The molecule has 0 aliphatic carbocycles. The molecule has 0 saturated heterocycles. The Morgan fingerprint density at radius 1 is 1.15 bits per heavy atom. The number of alkyl halides is 2. The van der Waals surface area contributed by atoms with E-state index in [9.17, 15) is 22.3 Å². The van der Waals surface area contributed by atoms with Gasteiger partial charge in [-0.1, -0.05) is 12.1 Å². The van der Waals surface area contributed by atoms with Gasteiger partial charge in [-0.2, -0.15) is 8.78 Å². The molecule has 0 aliphatic rings. The van der Waals surface area contributed by atoms with Gasteiger partial charge in [-0.05, 0) is 39.8 Å². The number of para-hydroxylation sites is 1. The third kappa shape index (κ3) is 3.27. The summed E-state index contributed by atoms with van der Waals surface area (Å²) in [5.74, 6) is -3.49. The molecule has 0 aromatic heterocycles. The molecule has 2 N–H and O–H groups in total. The standard InChI is InChI=1S/C13H19F2NO3S/c1-12(2,13(3,4)17)16-9-7-5-6-8-10(9)20(18,19)11(14)15/h5-8,11,16-17H,1-4H3. The van der Waals surface area contributed by atoms with Gasteiger partial charge in [0.1, 0.15) is 0 Å². The van der Waals surface area contributed by atoms with Gasteiger partial charge >= 0.3 is 5.76 Å². The average molecular weight is 307 g/mol. The molecule has 7 heteroatoms. The third-order valence-corrected chi connectivity index (χ3v) is 4.84. The number of nitrogens with one attached hydrogen (secondary N) is 1. The summed E-state index contributed by atoms with van der Waals surface area (Å²) in [5, 5.41) is 12.9. The van der Waals surface area contributed by atoms with Crippen molar-refractivity contribution in [2.24, 2.45) is 0 Å². The first-order valence-corrected chi connectivity index (χ1v) is 7.56. The summed E-state index contributed by atoms with van der Waals surface area (Å²) in [5.41, 5.74) is -2.06. The number of anilines is 1. The largest absolute Gasteiger partial charge is 0.388 e. The van der Waals surface area contributed by atoms with Crippen LogP contribution in [0.25, 0.3) is 0 Å². The number of hydrogen-bond acceptors (Lipinski definition) is 4. The first-order chi connectivity index (χ1) is 8.89. The van der Waals surface area contributed by atoms with Crippen molar-refractivity contribution in [1.29, 1.82) is 0 Å². The minimum Gasteiger partial charge on any atom is -0.388 e. The van der Waals surface area contributed by atoms with Crippen LogP contribution < -0.4 is 5.32 Å². The summed E-state index contributed by atoms with van der Waals surface area (Å²) >= 11 is 0. The second kappa shape index (κ2) is 5.29.